The average molecular weight is 173 g/mol. The van der Waals surface area contributed by atoms with Gasteiger partial charge in [-0.1, -0.05) is 6.92 Å². The molecule has 0 atom stereocenters. The maximum Gasteiger partial charge on any atom is 0.296 e. The fraction of sp³-hybridized carbons (Fsp3) is 1.00. The first-order chi connectivity index (χ1) is 5.68. The second kappa shape index (κ2) is 2.67. The van der Waals surface area contributed by atoms with Crippen LogP contribution in [0.3, 0.4) is 0 Å². The van der Waals surface area contributed by atoms with Crippen molar-refractivity contribution in [3.63, 3.8) is 0 Å². The van der Waals surface area contributed by atoms with Crippen molar-refractivity contribution >= 4 is 0 Å². The van der Waals surface area contributed by atoms with Crippen LogP contribution < -0.4 is 5.32 Å². The Hall–Kier alpha value is -0.160. The standard InChI is InChI=1S/C8H15NO3/c1-7-4-10-8(3-9-2,11-5-7)12-6-7/h9H,3-6H2,1-2H3. The van der Waals surface area contributed by atoms with Crippen molar-refractivity contribution in [2.75, 3.05) is 33.4 Å². The van der Waals surface area contributed by atoms with Crippen molar-refractivity contribution in [2.45, 2.75) is 12.9 Å². The first-order valence-electron chi connectivity index (χ1n) is 4.25. The minimum absolute atomic E-state index is 0.0650. The van der Waals surface area contributed by atoms with Gasteiger partial charge in [-0.2, -0.15) is 0 Å². The highest BCUT2D eigenvalue weighted by molar-refractivity contribution is 4.85. The van der Waals surface area contributed by atoms with Crippen LogP contribution in [0.4, 0.5) is 0 Å². The second-order valence-electron chi connectivity index (χ2n) is 3.89. The normalized spacial score (nSPS) is 46.5. The molecule has 4 heteroatoms. The minimum Gasteiger partial charge on any atom is -0.326 e. The molecule has 12 heavy (non-hydrogen) atoms. The number of fused-ring (bicyclic) bond motifs is 3. The Bertz CT molecular complexity index is 159. The highest BCUT2D eigenvalue weighted by Gasteiger charge is 2.49. The van der Waals surface area contributed by atoms with E-state index in [-0.39, 0.29) is 5.41 Å². The van der Waals surface area contributed by atoms with Gasteiger partial charge in [-0.05, 0) is 7.05 Å². The van der Waals surface area contributed by atoms with Gasteiger partial charge in [0, 0.05) is 5.41 Å². The minimum atomic E-state index is -0.799. The Labute approximate surface area is 72.2 Å². The summed E-state index contributed by atoms with van der Waals surface area (Å²) in [5, 5.41) is 2.99. The van der Waals surface area contributed by atoms with Gasteiger partial charge in [0.15, 0.2) is 0 Å². The Kier molecular flexibility index (Phi) is 1.88. The molecule has 0 saturated carbocycles. The summed E-state index contributed by atoms with van der Waals surface area (Å²) < 4.78 is 16.5. The quantitative estimate of drug-likeness (QED) is 0.635. The number of hydrogen-bond donors (Lipinski definition) is 1. The van der Waals surface area contributed by atoms with Crippen LogP contribution in [-0.4, -0.2) is 39.4 Å². The zero-order chi connectivity index (χ0) is 8.66. The van der Waals surface area contributed by atoms with Gasteiger partial charge in [0.2, 0.25) is 0 Å². The van der Waals surface area contributed by atoms with Gasteiger partial charge in [-0.15, -0.1) is 0 Å². The highest BCUT2D eigenvalue weighted by atomic mass is 16.9. The Balaban J connectivity index is 2.04. The lowest BCUT2D eigenvalue weighted by Crippen LogP contribution is -2.62. The topological polar surface area (TPSA) is 39.7 Å². The number of hydrogen-bond acceptors (Lipinski definition) is 4. The molecule has 0 aliphatic carbocycles. The van der Waals surface area contributed by atoms with Crippen molar-refractivity contribution in [1.82, 2.24) is 5.32 Å². The summed E-state index contributed by atoms with van der Waals surface area (Å²) in [6.07, 6.45) is 0. The van der Waals surface area contributed by atoms with Crippen molar-refractivity contribution < 1.29 is 14.2 Å². The molecule has 0 spiro atoms. The Morgan fingerprint density at radius 2 is 1.67 bits per heavy atom. The maximum absolute atomic E-state index is 5.50. The summed E-state index contributed by atoms with van der Waals surface area (Å²) in [5.41, 5.74) is 0.0650. The molecule has 0 amide bonds. The van der Waals surface area contributed by atoms with Crippen LogP contribution in [0.25, 0.3) is 0 Å². The van der Waals surface area contributed by atoms with E-state index in [1.54, 1.807) is 0 Å². The maximum atomic E-state index is 5.50. The van der Waals surface area contributed by atoms with Crippen molar-refractivity contribution in [2.24, 2.45) is 5.41 Å². The lowest BCUT2D eigenvalue weighted by atomic mass is 9.92. The van der Waals surface area contributed by atoms with Gasteiger partial charge in [-0.25, -0.2) is 0 Å². The molecule has 2 bridgehead atoms. The van der Waals surface area contributed by atoms with Crippen LogP contribution in [0, 0.1) is 5.41 Å². The van der Waals surface area contributed by atoms with Crippen molar-refractivity contribution in [3.8, 4) is 0 Å². The molecular weight excluding hydrogens is 158 g/mol. The lowest BCUT2D eigenvalue weighted by molar-refractivity contribution is -0.461. The first kappa shape index (κ1) is 8.44. The van der Waals surface area contributed by atoms with E-state index in [0.29, 0.717) is 6.54 Å². The second-order valence-corrected chi connectivity index (χ2v) is 3.89. The molecule has 0 unspecified atom stereocenters. The van der Waals surface area contributed by atoms with E-state index in [4.69, 9.17) is 14.2 Å². The Morgan fingerprint density at radius 3 is 2.08 bits per heavy atom. The summed E-state index contributed by atoms with van der Waals surface area (Å²) in [7, 11) is 1.85. The van der Waals surface area contributed by atoms with E-state index in [0.717, 1.165) is 19.8 Å². The van der Waals surface area contributed by atoms with E-state index in [2.05, 4.69) is 12.2 Å². The van der Waals surface area contributed by atoms with E-state index < -0.39 is 5.97 Å². The summed E-state index contributed by atoms with van der Waals surface area (Å²) in [5.74, 6) is -0.799. The summed E-state index contributed by atoms with van der Waals surface area (Å²) in [6, 6.07) is 0. The van der Waals surface area contributed by atoms with E-state index >= 15 is 0 Å². The number of rotatable bonds is 2. The molecule has 0 radical (unpaired) electrons. The van der Waals surface area contributed by atoms with Crippen LogP contribution in [0.1, 0.15) is 6.92 Å². The largest absolute Gasteiger partial charge is 0.326 e. The first-order valence-corrected chi connectivity index (χ1v) is 4.25. The molecule has 70 valence electrons. The molecule has 3 rings (SSSR count). The molecule has 0 aromatic rings. The van der Waals surface area contributed by atoms with Gasteiger partial charge >= 0.3 is 0 Å². The predicted octanol–water partition coefficient (Wildman–Crippen LogP) is -0.0571. The van der Waals surface area contributed by atoms with Gasteiger partial charge in [0.25, 0.3) is 5.97 Å². The van der Waals surface area contributed by atoms with Gasteiger partial charge in [-0.3, -0.25) is 0 Å². The Morgan fingerprint density at radius 1 is 1.17 bits per heavy atom. The molecule has 1 N–H and O–H groups in total. The number of likely N-dealkylation sites (N-methyl/N-ethyl adjacent to an activating group) is 1. The molecule has 4 nitrogen and oxygen atoms in total. The third kappa shape index (κ3) is 1.25. The molecule has 3 saturated heterocycles. The van der Waals surface area contributed by atoms with Gasteiger partial charge < -0.3 is 19.5 Å². The molecule has 3 fully saturated rings. The van der Waals surface area contributed by atoms with Crippen molar-refractivity contribution in [1.29, 1.82) is 0 Å². The van der Waals surface area contributed by atoms with Crippen molar-refractivity contribution in [3.05, 3.63) is 0 Å². The van der Waals surface area contributed by atoms with Gasteiger partial charge in [0.05, 0.1) is 26.4 Å². The predicted molar refractivity (Wildman–Crippen MR) is 42.6 cm³/mol. The monoisotopic (exact) mass is 173 g/mol. The molecular formula is C8H15NO3. The molecule has 3 heterocycles. The van der Waals surface area contributed by atoms with E-state index in [1.807, 2.05) is 7.05 Å². The molecule has 3 aliphatic heterocycles. The SMILES string of the molecule is CNCC12OCC(C)(CO1)CO2. The van der Waals surface area contributed by atoms with Crippen LogP contribution >= 0.6 is 0 Å². The number of ether oxygens (including phenoxy) is 3. The smallest absolute Gasteiger partial charge is 0.296 e. The average Bonchev–Trinajstić information content (AvgIpc) is 2.08. The van der Waals surface area contributed by atoms with Crippen LogP contribution in [0.5, 0.6) is 0 Å². The van der Waals surface area contributed by atoms with Crippen LogP contribution in [-0.2, 0) is 14.2 Å². The lowest BCUT2D eigenvalue weighted by Gasteiger charge is -2.50. The fourth-order valence-corrected chi connectivity index (χ4v) is 1.47. The third-order valence-electron chi connectivity index (χ3n) is 2.31. The molecule has 0 aromatic carbocycles. The van der Waals surface area contributed by atoms with Gasteiger partial charge in [0.1, 0.15) is 0 Å². The zero-order valence-corrected chi connectivity index (χ0v) is 7.55. The third-order valence-corrected chi connectivity index (χ3v) is 2.31. The van der Waals surface area contributed by atoms with E-state index in [9.17, 15) is 0 Å². The summed E-state index contributed by atoms with van der Waals surface area (Å²) >= 11 is 0. The van der Waals surface area contributed by atoms with Crippen LogP contribution in [0.2, 0.25) is 0 Å². The highest BCUT2D eigenvalue weighted by Crippen LogP contribution is 2.37. The summed E-state index contributed by atoms with van der Waals surface area (Å²) in [6.45, 7) is 4.89. The van der Waals surface area contributed by atoms with Crippen LogP contribution in [0.15, 0.2) is 0 Å². The molecule has 0 aromatic heterocycles. The zero-order valence-electron chi connectivity index (χ0n) is 7.55. The van der Waals surface area contributed by atoms with E-state index in [1.165, 1.54) is 0 Å². The summed E-state index contributed by atoms with van der Waals surface area (Å²) in [4.78, 5) is 0. The fourth-order valence-electron chi connectivity index (χ4n) is 1.47. The molecule has 3 aliphatic rings. The number of nitrogens with one attached hydrogen (secondary N) is 1.